The summed E-state index contributed by atoms with van der Waals surface area (Å²) in [7, 11) is 0. The molecule has 0 radical (unpaired) electrons. The third kappa shape index (κ3) is 3.48. The van der Waals surface area contributed by atoms with Gasteiger partial charge < -0.3 is 9.73 Å². The maximum Gasteiger partial charge on any atom is 0.226 e. The van der Waals surface area contributed by atoms with E-state index in [2.05, 4.69) is 20.6 Å². The molecule has 0 bridgehead atoms. The van der Waals surface area contributed by atoms with Gasteiger partial charge in [0.1, 0.15) is 17.3 Å². The van der Waals surface area contributed by atoms with Crippen molar-refractivity contribution >= 4 is 29.1 Å². The van der Waals surface area contributed by atoms with E-state index in [0.29, 0.717) is 28.7 Å². The Morgan fingerprint density at radius 3 is 2.59 bits per heavy atom. The number of hydrogen-bond acceptors (Lipinski definition) is 6. The molecule has 32 heavy (non-hydrogen) atoms. The molecule has 0 fully saturated rings. The van der Waals surface area contributed by atoms with Crippen LogP contribution >= 0.6 is 11.6 Å². The van der Waals surface area contributed by atoms with Gasteiger partial charge in [0.15, 0.2) is 16.8 Å². The summed E-state index contributed by atoms with van der Waals surface area (Å²) >= 11 is 5.85. The van der Waals surface area contributed by atoms with Crippen molar-refractivity contribution in [2.75, 3.05) is 5.32 Å². The zero-order chi connectivity index (χ0) is 22.4. The van der Waals surface area contributed by atoms with E-state index in [1.54, 1.807) is 28.9 Å². The minimum atomic E-state index is -0.294. The fourth-order valence-electron chi connectivity index (χ4n) is 3.94. The SMILES string of the molecule is CC(=O)c1ccc(-c2ccc([C@@H]3CC(=O)Nc4c3c(C)nn4-c3ccc(Cl)nn3)o2)cc1. The predicted molar refractivity (Wildman–Crippen MR) is 118 cm³/mol. The molecule has 0 aliphatic carbocycles. The molecular weight excluding hydrogens is 430 g/mol. The van der Waals surface area contributed by atoms with Crippen molar-refractivity contribution in [1.82, 2.24) is 20.0 Å². The van der Waals surface area contributed by atoms with Crippen LogP contribution in [0.4, 0.5) is 5.82 Å². The normalized spacial score (nSPS) is 15.3. The van der Waals surface area contributed by atoms with E-state index in [1.807, 2.05) is 31.2 Å². The van der Waals surface area contributed by atoms with Crippen LogP contribution in [0.2, 0.25) is 5.15 Å². The highest BCUT2D eigenvalue weighted by atomic mass is 35.5. The topological polar surface area (TPSA) is 103 Å². The van der Waals surface area contributed by atoms with Gasteiger partial charge in [0, 0.05) is 23.1 Å². The van der Waals surface area contributed by atoms with E-state index in [0.717, 1.165) is 16.8 Å². The number of Topliss-reactive ketones (excluding diaryl/α,β-unsaturated/α-hetero) is 1. The van der Waals surface area contributed by atoms with Gasteiger partial charge in [-0.05, 0) is 38.1 Å². The molecule has 9 heteroatoms. The molecule has 1 aliphatic rings. The summed E-state index contributed by atoms with van der Waals surface area (Å²) in [6.45, 7) is 3.41. The van der Waals surface area contributed by atoms with Crippen LogP contribution in [0.5, 0.6) is 0 Å². The summed E-state index contributed by atoms with van der Waals surface area (Å²) in [5.74, 6) is 1.89. The Hall–Kier alpha value is -3.78. The van der Waals surface area contributed by atoms with Crippen LogP contribution < -0.4 is 5.32 Å². The van der Waals surface area contributed by atoms with Crippen molar-refractivity contribution in [3.05, 3.63) is 76.3 Å². The van der Waals surface area contributed by atoms with Crippen LogP contribution in [0.15, 0.2) is 52.9 Å². The number of furan rings is 1. The van der Waals surface area contributed by atoms with Crippen LogP contribution in [0.1, 0.15) is 46.6 Å². The summed E-state index contributed by atoms with van der Waals surface area (Å²) in [6, 6.07) is 14.3. The summed E-state index contributed by atoms with van der Waals surface area (Å²) in [6.07, 6.45) is 0.238. The third-order valence-electron chi connectivity index (χ3n) is 5.48. The Balaban J connectivity index is 1.53. The Morgan fingerprint density at radius 1 is 1.12 bits per heavy atom. The fraction of sp³-hybridized carbons (Fsp3) is 0.174. The lowest BCUT2D eigenvalue weighted by molar-refractivity contribution is -0.116. The minimum absolute atomic E-state index is 0.00953. The number of aromatic nitrogens is 4. The summed E-state index contributed by atoms with van der Waals surface area (Å²) in [5, 5.41) is 15.7. The Bertz CT molecular complexity index is 1340. The van der Waals surface area contributed by atoms with E-state index >= 15 is 0 Å². The first-order valence-corrected chi connectivity index (χ1v) is 10.4. The molecule has 160 valence electrons. The van der Waals surface area contributed by atoms with Gasteiger partial charge in [-0.15, -0.1) is 10.2 Å². The van der Waals surface area contributed by atoms with Crippen molar-refractivity contribution < 1.29 is 14.0 Å². The van der Waals surface area contributed by atoms with Crippen LogP contribution in [0.3, 0.4) is 0 Å². The molecule has 1 N–H and O–H groups in total. The zero-order valence-electron chi connectivity index (χ0n) is 17.3. The average molecular weight is 448 g/mol. The number of halogens is 1. The van der Waals surface area contributed by atoms with Gasteiger partial charge in [-0.3, -0.25) is 9.59 Å². The molecule has 1 aliphatic heterocycles. The maximum atomic E-state index is 12.6. The number of aryl methyl sites for hydroxylation is 1. The highest BCUT2D eigenvalue weighted by Crippen LogP contribution is 2.41. The van der Waals surface area contributed by atoms with E-state index in [-0.39, 0.29) is 29.2 Å². The molecule has 5 rings (SSSR count). The monoisotopic (exact) mass is 447 g/mol. The Kier molecular flexibility index (Phi) is 4.86. The quantitative estimate of drug-likeness (QED) is 0.460. The van der Waals surface area contributed by atoms with Crippen LogP contribution in [-0.2, 0) is 4.79 Å². The molecule has 0 spiro atoms. The standard InChI is InChI=1S/C23H18ClN5O3/c1-12-22-16(18-8-7-17(32-18)15-5-3-14(4-6-15)13(2)30)11-21(31)25-23(22)29(28-12)20-10-9-19(24)26-27-20/h3-10,16H,11H2,1-2H3,(H,25,31)/t16-/m0/s1. The number of fused-ring (bicyclic) bond motifs is 1. The molecule has 0 saturated carbocycles. The van der Waals surface area contributed by atoms with Crippen LogP contribution in [0, 0.1) is 6.92 Å². The number of amides is 1. The first-order chi connectivity index (χ1) is 15.4. The van der Waals surface area contributed by atoms with Gasteiger partial charge in [-0.2, -0.15) is 9.78 Å². The summed E-state index contributed by atoms with van der Waals surface area (Å²) < 4.78 is 7.71. The van der Waals surface area contributed by atoms with Crippen molar-refractivity contribution in [3.8, 4) is 17.1 Å². The van der Waals surface area contributed by atoms with E-state index in [1.165, 1.54) is 6.92 Å². The highest BCUT2D eigenvalue weighted by Gasteiger charge is 2.34. The average Bonchev–Trinajstić information content (AvgIpc) is 3.39. The van der Waals surface area contributed by atoms with E-state index in [9.17, 15) is 9.59 Å². The number of carbonyl (C=O) groups is 2. The third-order valence-corrected chi connectivity index (χ3v) is 5.69. The van der Waals surface area contributed by atoms with Crippen molar-refractivity contribution in [2.45, 2.75) is 26.2 Å². The lowest BCUT2D eigenvalue weighted by Crippen LogP contribution is -2.24. The van der Waals surface area contributed by atoms with Gasteiger partial charge in [0.05, 0.1) is 11.6 Å². The highest BCUT2D eigenvalue weighted by molar-refractivity contribution is 6.29. The van der Waals surface area contributed by atoms with Gasteiger partial charge in [-0.25, -0.2) is 0 Å². The minimum Gasteiger partial charge on any atom is -0.460 e. The van der Waals surface area contributed by atoms with Crippen LogP contribution in [0.25, 0.3) is 17.1 Å². The van der Waals surface area contributed by atoms with Crippen molar-refractivity contribution in [2.24, 2.45) is 0 Å². The zero-order valence-corrected chi connectivity index (χ0v) is 18.1. The second-order valence-corrected chi connectivity index (χ2v) is 8.00. The molecule has 1 aromatic carbocycles. The van der Waals surface area contributed by atoms with E-state index in [4.69, 9.17) is 16.0 Å². The second kappa shape index (κ2) is 7.72. The summed E-state index contributed by atoms with van der Waals surface area (Å²) in [5.41, 5.74) is 3.12. The number of nitrogens with one attached hydrogen (secondary N) is 1. The number of benzene rings is 1. The maximum absolute atomic E-state index is 12.6. The molecule has 8 nitrogen and oxygen atoms in total. The Labute approximate surface area is 188 Å². The predicted octanol–water partition coefficient (Wildman–Crippen LogP) is 4.56. The molecule has 3 aromatic heterocycles. The number of rotatable bonds is 4. The second-order valence-electron chi connectivity index (χ2n) is 7.61. The van der Waals surface area contributed by atoms with Gasteiger partial charge >= 0.3 is 0 Å². The van der Waals surface area contributed by atoms with Crippen LogP contribution in [-0.4, -0.2) is 31.7 Å². The number of nitrogens with zero attached hydrogens (tertiary/aromatic N) is 4. The molecule has 0 unspecified atom stereocenters. The summed E-state index contributed by atoms with van der Waals surface area (Å²) in [4.78, 5) is 24.1. The lowest BCUT2D eigenvalue weighted by Gasteiger charge is -2.22. The van der Waals surface area contributed by atoms with E-state index < -0.39 is 0 Å². The van der Waals surface area contributed by atoms with Gasteiger partial charge in [-0.1, -0.05) is 35.9 Å². The number of hydrogen-bond donors (Lipinski definition) is 1. The fourth-order valence-corrected chi connectivity index (χ4v) is 4.04. The number of ketones is 1. The lowest BCUT2D eigenvalue weighted by atomic mass is 9.90. The number of carbonyl (C=O) groups excluding carboxylic acids is 2. The van der Waals surface area contributed by atoms with Gasteiger partial charge in [0.25, 0.3) is 0 Å². The molecule has 0 saturated heterocycles. The first-order valence-electron chi connectivity index (χ1n) is 10.0. The largest absolute Gasteiger partial charge is 0.460 e. The van der Waals surface area contributed by atoms with Crippen molar-refractivity contribution in [3.63, 3.8) is 0 Å². The molecule has 4 aromatic rings. The van der Waals surface area contributed by atoms with Gasteiger partial charge in [0.2, 0.25) is 5.91 Å². The smallest absolute Gasteiger partial charge is 0.226 e. The Morgan fingerprint density at radius 2 is 1.91 bits per heavy atom. The molecule has 1 amide bonds. The molecule has 1 atom stereocenters. The van der Waals surface area contributed by atoms with Crippen molar-refractivity contribution in [1.29, 1.82) is 0 Å². The molecule has 4 heterocycles. The first kappa shape index (κ1) is 20.1. The molecular formula is C23H18ClN5O3. The number of anilines is 1.